The fourth-order valence-corrected chi connectivity index (χ4v) is 8.25. The number of ether oxygens (including phenoxy) is 4. The first kappa shape index (κ1) is 39.8. The minimum atomic E-state index is -2.49. The number of benzene rings is 4. The van der Waals surface area contributed by atoms with Crippen molar-refractivity contribution in [1.29, 1.82) is 0 Å². The summed E-state index contributed by atoms with van der Waals surface area (Å²) in [5, 5.41) is 15.0. The molecule has 1 aliphatic rings. The zero-order valence-electron chi connectivity index (χ0n) is 33.2. The lowest BCUT2D eigenvalue weighted by atomic mass is 9.80. The Labute approximate surface area is 333 Å². The van der Waals surface area contributed by atoms with Crippen molar-refractivity contribution in [2.45, 2.75) is 69.0 Å². The molecule has 296 valence electrons. The van der Waals surface area contributed by atoms with Crippen molar-refractivity contribution in [3.63, 3.8) is 0 Å². The van der Waals surface area contributed by atoms with E-state index in [1.54, 1.807) is 49.4 Å². The predicted octanol–water partition coefficient (Wildman–Crippen LogP) is 7.75. The number of aliphatic hydroxyl groups is 1. The number of anilines is 1. The maximum absolute atomic E-state index is 13.1. The third-order valence-electron chi connectivity index (χ3n) is 11.1. The zero-order valence-corrected chi connectivity index (χ0v) is 34.2. The fourth-order valence-electron chi connectivity index (χ4n) is 6.93. The van der Waals surface area contributed by atoms with Crippen molar-refractivity contribution in [3.05, 3.63) is 144 Å². The Morgan fingerprint density at radius 1 is 0.807 bits per heavy atom. The summed E-state index contributed by atoms with van der Waals surface area (Å²) in [6.45, 7) is 10.8. The Bertz CT molecular complexity index is 2230. The van der Waals surface area contributed by atoms with Crippen LogP contribution in [0.5, 0.6) is 11.5 Å². The van der Waals surface area contributed by atoms with Crippen molar-refractivity contribution < 1.29 is 33.3 Å². The number of aromatic nitrogens is 4. The second kappa shape index (κ2) is 16.2. The molecule has 0 bridgehead atoms. The van der Waals surface area contributed by atoms with Gasteiger partial charge in [-0.3, -0.25) is 9.36 Å². The quantitative estimate of drug-likeness (QED) is 0.0883. The molecule has 4 atom stereocenters. The molecule has 13 heteroatoms. The number of fused-ring (bicyclic) bond motifs is 1. The minimum Gasteiger partial charge on any atom is -0.497 e. The minimum absolute atomic E-state index is 0.0276. The van der Waals surface area contributed by atoms with E-state index in [-0.39, 0.29) is 23.4 Å². The average molecular weight is 788 g/mol. The van der Waals surface area contributed by atoms with Crippen molar-refractivity contribution in [1.82, 2.24) is 19.5 Å². The number of methoxy groups -OCH3 is 2. The van der Waals surface area contributed by atoms with Gasteiger partial charge in [0.1, 0.15) is 41.7 Å². The van der Waals surface area contributed by atoms with Gasteiger partial charge in [0, 0.05) is 5.56 Å². The molecule has 4 aromatic carbocycles. The van der Waals surface area contributed by atoms with Gasteiger partial charge in [-0.15, -0.1) is 0 Å². The van der Waals surface area contributed by atoms with Gasteiger partial charge in [-0.1, -0.05) is 93.6 Å². The number of imidazole rings is 1. The summed E-state index contributed by atoms with van der Waals surface area (Å²) in [6.07, 6.45) is -0.733. The highest BCUT2D eigenvalue weighted by molar-refractivity contribution is 6.74. The maximum Gasteiger partial charge on any atom is 0.256 e. The summed E-state index contributed by atoms with van der Waals surface area (Å²) < 4.78 is 33.9. The number of nitrogens with one attached hydrogen (secondary N) is 1. The van der Waals surface area contributed by atoms with Gasteiger partial charge in [0.25, 0.3) is 5.91 Å². The smallest absolute Gasteiger partial charge is 0.256 e. The molecule has 1 aliphatic heterocycles. The third-order valence-corrected chi connectivity index (χ3v) is 15.6. The van der Waals surface area contributed by atoms with Crippen LogP contribution in [0.25, 0.3) is 11.2 Å². The first-order chi connectivity index (χ1) is 27.4. The van der Waals surface area contributed by atoms with Crippen LogP contribution in [0.1, 0.15) is 54.0 Å². The van der Waals surface area contributed by atoms with E-state index in [0.717, 1.165) is 16.7 Å². The normalized spacial score (nSPS) is 18.7. The van der Waals surface area contributed by atoms with Crippen LogP contribution in [0.3, 0.4) is 0 Å². The molecule has 0 radical (unpaired) electrons. The lowest BCUT2D eigenvalue weighted by Gasteiger charge is -2.41. The Balaban J connectivity index is 1.28. The van der Waals surface area contributed by atoms with Crippen molar-refractivity contribution in [2.24, 2.45) is 0 Å². The molecule has 2 N–H and O–H groups in total. The molecular weight excluding hydrogens is 739 g/mol. The highest BCUT2D eigenvalue weighted by atomic mass is 28.4. The van der Waals surface area contributed by atoms with Gasteiger partial charge in [-0.05, 0) is 71.2 Å². The van der Waals surface area contributed by atoms with E-state index in [1.165, 1.54) is 6.33 Å². The van der Waals surface area contributed by atoms with Gasteiger partial charge in [-0.2, -0.15) is 0 Å². The SMILES string of the molecule is COc1ccc(C(OCC2OC(n3cnc4c(NC(=O)c5ccccc5)ncnc43)C(O)C2O[Si](C)(C)C(C)(C)C)(c2ccccc2)c2ccc(OC)cc2)cc1. The molecule has 0 saturated carbocycles. The molecule has 3 heterocycles. The first-order valence-corrected chi connectivity index (χ1v) is 21.8. The summed E-state index contributed by atoms with van der Waals surface area (Å²) >= 11 is 0. The van der Waals surface area contributed by atoms with Crippen molar-refractivity contribution in [2.75, 3.05) is 26.1 Å². The monoisotopic (exact) mass is 787 g/mol. The molecule has 0 aliphatic carbocycles. The topological polar surface area (TPSA) is 139 Å². The van der Waals surface area contributed by atoms with Crippen LogP contribution < -0.4 is 14.8 Å². The van der Waals surface area contributed by atoms with E-state index in [9.17, 15) is 9.90 Å². The molecule has 4 unspecified atom stereocenters. The van der Waals surface area contributed by atoms with Crippen LogP contribution in [-0.2, 0) is 19.5 Å². The molecule has 1 amide bonds. The van der Waals surface area contributed by atoms with Gasteiger partial charge in [0.15, 0.2) is 31.5 Å². The van der Waals surface area contributed by atoms with E-state index in [0.29, 0.717) is 28.2 Å². The van der Waals surface area contributed by atoms with Crippen LogP contribution in [0.15, 0.2) is 122 Å². The van der Waals surface area contributed by atoms with Crippen LogP contribution in [0.2, 0.25) is 18.1 Å². The van der Waals surface area contributed by atoms with E-state index in [2.05, 4.69) is 54.1 Å². The van der Waals surface area contributed by atoms with Gasteiger partial charge in [0.2, 0.25) is 0 Å². The zero-order chi connectivity index (χ0) is 40.4. The second-order valence-electron chi connectivity index (χ2n) is 15.6. The summed E-state index contributed by atoms with van der Waals surface area (Å²) in [5.74, 6) is 1.32. The average Bonchev–Trinajstić information content (AvgIpc) is 3.79. The van der Waals surface area contributed by atoms with Crippen molar-refractivity contribution >= 4 is 31.2 Å². The summed E-state index contributed by atoms with van der Waals surface area (Å²) in [5.41, 5.74) is 2.68. The Hall–Kier alpha value is -5.44. The molecule has 12 nitrogen and oxygen atoms in total. The van der Waals surface area contributed by atoms with Crippen LogP contribution >= 0.6 is 0 Å². The predicted molar refractivity (Wildman–Crippen MR) is 220 cm³/mol. The van der Waals surface area contributed by atoms with E-state index < -0.39 is 38.5 Å². The first-order valence-electron chi connectivity index (χ1n) is 18.9. The maximum atomic E-state index is 13.1. The largest absolute Gasteiger partial charge is 0.497 e. The number of carbonyl (C=O) groups is 1. The van der Waals surface area contributed by atoms with E-state index >= 15 is 0 Å². The summed E-state index contributed by atoms with van der Waals surface area (Å²) in [4.78, 5) is 26.5. The number of amides is 1. The molecule has 57 heavy (non-hydrogen) atoms. The third kappa shape index (κ3) is 7.81. The lowest BCUT2D eigenvalue weighted by molar-refractivity contribution is -0.0930. The van der Waals surface area contributed by atoms with Gasteiger partial charge in [-0.25, -0.2) is 15.0 Å². The number of hydrogen-bond donors (Lipinski definition) is 2. The molecule has 6 aromatic rings. The van der Waals surface area contributed by atoms with E-state index in [4.69, 9.17) is 23.4 Å². The second-order valence-corrected chi connectivity index (χ2v) is 20.3. The molecule has 7 rings (SSSR count). The van der Waals surface area contributed by atoms with Crippen LogP contribution in [0, 0.1) is 0 Å². The molecular formula is C44H49N5O7Si. The highest BCUT2D eigenvalue weighted by Crippen LogP contribution is 2.45. The fraction of sp³-hybridized carbons (Fsp3) is 0.318. The summed E-state index contributed by atoms with van der Waals surface area (Å²) in [6, 6.07) is 34.5. The Morgan fingerprint density at radius 3 is 1.93 bits per heavy atom. The Kier molecular flexibility index (Phi) is 11.3. The number of carbonyl (C=O) groups excluding carboxylic acids is 1. The molecule has 1 saturated heterocycles. The van der Waals surface area contributed by atoms with Gasteiger partial charge < -0.3 is 33.8 Å². The molecule has 0 spiro atoms. The standard InChI is InChI=1S/C44H49N5O7Si/c1-43(2,3)57(6,7)56-38-35(55-42(37(38)50)49-28-47-36-39(45-27-46-40(36)49)48-41(51)29-14-10-8-11-15-29)26-54-44(30-16-12-9-13-17-30,31-18-22-33(52-4)23-19-31)32-20-24-34(53-5)25-21-32/h8-25,27-28,35,37-38,42,50H,26H2,1-7H3,(H,45,46,48,51). The number of nitrogens with zero attached hydrogens (tertiary/aromatic N) is 4. The number of rotatable bonds is 13. The van der Waals surface area contributed by atoms with Crippen LogP contribution in [0.4, 0.5) is 5.82 Å². The van der Waals surface area contributed by atoms with Crippen LogP contribution in [-0.4, -0.2) is 78.0 Å². The van der Waals surface area contributed by atoms with Gasteiger partial charge >= 0.3 is 0 Å². The van der Waals surface area contributed by atoms with Gasteiger partial charge in [0.05, 0.1) is 27.2 Å². The lowest BCUT2D eigenvalue weighted by Crippen LogP contribution is -2.50. The Morgan fingerprint density at radius 2 is 1.37 bits per heavy atom. The molecule has 1 fully saturated rings. The molecule has 2 aromatic heterocycles. The highest BCUT2D eigenvalue weighted by Gasteiger charge is 2.52. The number of aliphatic hydroxyl groups excluding tert-OH is 1. The van der Waals surface area contributed by atoms with Crippen molar-refractivity contribution in [3.8, 4) is 11.5 Å². The summed E-state index contributed by atoms with van der Waals surface area (Å²) in [7, 11) is 0.784. The number of hydrogen-bond acceptors (Lipinski definition) is 10. The van der Waals surface area contributed by atoms with E-state index in [1.807, 2.05) is 84.9 Å².